The van der Waals surface area contributed by atoms with Crippen LogP contribution in [0.4, 0.5) is 17.1 Å². The lowest BCUT2D eigenvalue weighted by atomic mass is 10.1. The summed E-state index contributed by atoms with van der Waals surface area (Å²) in [5.41, 5.74) is -1.13. The SMILES string of the molecule is Cc1c([N+](=O)[O-])cc(NC(=O)c2ccc(COc3ccc4ccccc4c3)o2)cc1[N+](=O)[O-]. The van der Waals surface area contributed by atoms with Crippen LogP contribution in [0.3, 0.4) is 0 Å². The number of hydrogen-bond donors (Lipinski definition) is 1. The van der Waals surface area contributed by atoms with Gasteiger partial charge in [-0.2, -0.15) is 0 Å². The fraction of sp³-hybridized carbons (Fsp3) is 0.0870. The fourth-order valence-electron chi connectivity index (χ4n) is 3.32. The highest BCUT2D eigenvalue weighted by molar-refractivity contribution is 6.02. The second-order valence-electron chi connectivity index (χ2n) is 7.17. The summed E-state index contributed by atoms with van der Waals surface area (Å²) in [4.78, 5) is 33.4. The zero-order valence-corrected chi connectivity index (χ0v) is 17.3. The van der Waals surface area contributed by atoms with E-state index in [0.717, 1.165) is 22.9 Å². The van der Waals surface area contributed by atoms with Crippen LogP contribution in [0.1, 0.15) is 21.9 Å². The number of fused-ring (bicyclic) bond motifs is 1. The zero-order valence-electron chi connectivity index (χ0n) is 17.3. The summed E-state index contributed by atoms with van der Waals surface area (Å²) in [6.07, 6.45) is 0. The molecular weight excluding hydrogens is 430 g/mol. The highest BCUT2D eigenvalue weighted by atomic mass is 16.6. The Balaban J connectivity index is 1.46. The molecule has 1 N–H and O–H groups in total. The van der Waals surface area contributed by atoms with Crippen LogP contribution in [0.15, 0.2) is 71.1 Å². The number of nitro benzene ring substituents is 2. The van der Waals surface area contributed by atoms with Crippen molar-refractivity contribution in [3.8, 4) is 5.75 Å². The van der Waals surface area contributed by atoms with Crippen molar-refractivity contribution in [3.05, 3.63) is 104 Å². The van der Waals surface area contributed by atoms with Crippen LogP contribution in [-0.4, -0.2) is 15.8 Å². The summed E-state index contributed by atoms with van der Waals surface area (Å²) < 4.78 is 11.2. The van der Waals surface area contributed by atoms with Gasteiger partial charge in [0, 0.05) is 12.1 Å². The standard InChI is InChI=1S/C23H17N3O7/c1-14-20(25(28)29)11-17(12-21(14)26(30)31)24-23(27)22-9-8-19(33-22)13-32-18-7-6-15-4-2-3-5-16(15)10-18/h2-12H,13H2,1H3,(H,24,27). The molecule has 1 amide bonds. The first kappa shape index (κ1) is 21.5. The Morgan fingerprint density at radius 3 is 2.27 bits per heavy atom. The van der Waals surface area contributed by atoms with Crippen molar-refractivity contribution in [1.82, 2.24) is 0 Å². The van der Waals surface area contributed by atoms with Gasteiger partial charge < -0.3 is 14.5 Å². The summed E-state index contributed by atoms with van der Waals surface area (Å²) in [5.74, 6) is 0.238. The Kier molecular flexibility index (Phi) is 5.73. The number of furan rings is 1. The van der Waals surface area contributed by atoms with Gasteiger partial charge in [0.1, 0.15) is 23.7 Å². The molecule has 3 aromatic carbocycles. The summed E-state index contributed by atoms with van der Waals surface area (Å²) in [6.45, 7) is 1.35. The monoisotopic (exact) mass is 447 g/mol. The molecule has 1 heterocycles. The number of anilines is 1. The van der Waals surface area contributed by atoms with E-state index in [0.29, 0.717) is 11.5 Å². The van der Waals surface area contributed by atoms with E-state index in [2.05, 4.69) is 5.32 Å². The van der Waals surface area contributed by atoms with Gasteiger partial charge in [-0.25, -0.2) is 0 Å². The molecule has 166 valence electrons. The molecule has 1 aromatic heterocycles. The first-order valence-electron chi connectivity index (χ1n) is 9.77. The molecule has 4 rings (SSSR count). The molecule has 0 saturated heterocycles. The molecule has 0 aliphatic rings. The summed E-state index contributed by atoms with van der Waals surface area (Å²) in [6, 6.07) is 18.6. The number of rotatable bonds is 7. The highest BCUT2D eigenvalue weighted by Crippen LogP contribution is 2.32. The smallest absolute Gasteiger partial charge is 0.291 e. The Morgan fingerprint density at radius 1 is 0.939 bits per heavy atom. The molecule has 0 spiro atoms. The van der Waals surface area contributed by atoms with Crippen LogP contribution in [0, 0.1) is 27.2 Å². The minimum atomic E-state index is -0.743. The average Bonchev–Trinajstić information content (AvgIpc) is 3.27. The molecule has 0 saturated carbocycles. The van der Waals surface area contributed by atoms with Crippen LogP contribution in [-0.2, 0) is 6.61 Å². The topological polar surface area (TPSA) is 138 Å². The predicted octanol–water partition coefficient (Wildman–Crippen LogP) is 5.39. The predicted molar refractivity (Wildman–Crippen MR) is 119 cm³/mol. The lowest BCUT2D eigenvalue weighted by Crippen LogP contribution is -2.12. The third-order valence-electron chi connectivity index (χ3n) is 4.99. The first-order chi connectivity index (χ1) is 15.8. The number of nitrogens with one attached hydrogen (secondary N) is 1. The first-order valence-corrected chi connectivity index (χ1v) is 9.77. The largest absolute Gasteiger partial charge is 0.486 e. The highest BCUT2D eigenvalue weighted by Gasteiger charge is 2.24. The molecule has 10 heteroatoms. The van der Waals surface area contributed by atoms with Crippen LogP contribution >= 0.6 is 0 Å². The molecule has 0 fully saturated rings. The van der Waals surface area contributed by atoms with Crippen molar-refractivity contribution in [1.29, 1.82) is 0 Å². The summed E-state index contributed by atoms with van der Waals surface area (Å²) in [5, 5.41) is 26.9. The van der Waals surface area contributed by atoms with E-state index >= 15 is 0 Å². The number of benzene rings is 3. The fourth-order valence-corrected chi connectivity index (χ4v) is 3.32. The minimum absolute atomic E-state index is 0.0713. The Morgan fingerprint density at radius 2 is 1.61 bits per heavy atom. The molecule has 0 bridgehead atoms. The van der Waals surface area contributed by atoms with E-state index in [-0.39, 0.29) is 23.6 Å². The lowest BCUT2D eigenvalue weighted by molar-refractivity contribution is -0.395. The van der Waals surface area contributed by atoms with Crippen molar-refractivity contribution >= 4 is 33.7 Å². The summed E-state index contributed by atoms with van der Waals surface area (Å²) in [7, 11) is 0. The number of nitrogens with zero attached hydrogens (tertiary/aromatic N) is 2. The normalized spacial score (nSPS) is 10.7. The van der Waals surface area contributed by atoms with Gasteiger partial charge in [-0.05, 0) is 42.0 Å². The van der Waals surface area contributed by atoms with Gasteiger partial charge in [-0.3, -0.25) is 25.0 Å². The molecule has 4 aromatic rings. The van der Waals surface area contributed by atoms with Crippen molar-refractivity contribution in [3.63, 3.8) is 0 Å². The minimum Gasteiger partial charge on any atom is -0.486 e. The molecule has 0 aliphatic heterocycles. The van der Waals surface area contributed by atoms with E-state index in [9.17, 15) is 25.0 Å². The number of carbonyl (C=O) groups is 1. The van der Waals surface area contributed by atoms with Crippen LogP contribution in [0.5, 0.6) is 5.75 Å². The molecule has 33 heavy (non-hydrogen) atoms. The maximum absolute atomic E-state index is 12.5. The maximum Gasteiger partial charge on any atom is 0.291 e. The third-order valence-corrected chi connectivity index (χ3v) is 4.99. The number of hydrogen-bond acceptors (Lipinski definition) is 7. The van der Waals surface area contributed by atoms with E-state index in [1.807, 2.05) is 42.5 Å². The number of nitro groups is 2. The molecule has 10 nitrogen and oxygen atoms in total. The molecular formula is C23H17N3O7. The molecule has 0 unspecified atom stereocenters. The van der Waals surface area contributed by atoms with E-state index in [4.69, 9.17) is 9.15 Å². The van der Waals surface area contributed by atoms with Gasteiger partial charge in [-0.15, -0.1) is 0 Å². The van der Waals surface area contributed by atoms with Gasteiger partial charge in [0.2, 0.25) is 0 Å². The summed E-state index contributed by atoms with van der Waals surface area (Å²) >= 11 is 0. The van der Waals surface area contributed by atoms with Crippen LogP contribution in [0.2, 0.25) is 0 Å². The second-order valence-corrected chi connectivity index (χ2v) is 7.17. The van der Waals surface area contributed by atoms with Gasteiger partial charge >= 0.3 is 0 Å². The van der Waals surface area contributed by atoms with Gasteiger partial charge in [0.15, 0.2) is 5.76 Å². The Labute approximate surface area is 186 Å². The van der Waals surface area contributed by atoms with Gasteiger partial charge in [0.25, 0.3) is 17.3 Å². The number of amides is 1. The van der Waals surface area contributed by atoms with Gasteiger partial charge in [0.05, 0.1) is 15.5 Å². The molecule has 0 radical (unpaired) electrons. The second kappa shape index (κ2) is 8.79. The van der Waals surface area contributed by atoms with Gasteiger partial charge in [-0.1, -0.05) is 30.3 Å². The van der Waals surface area contributed by atoms with Crippen molar-refractivity contribution in [2.45, 2.75) is 13.5 Å². The van der Waals surface area contributed by atoms with E-state index < -0.39 is 27.1 Å². The van der Waals surface area contributed by atoms with Crippen LogP contribution < -0.4 is 10.1 Å². The Hall–Kier alpha value is -4.73. The lowest BCUT2D eigenvalue weighted by Gasteiger charge is -2.07. The van der Waals surface area contributed by atoms with Crippen molar-refractivity contribution in [2.24, 2.45) is 0 Å². The van der Waals surface area contributed by atoms with E-state index in [1.54, 1.807) is 6.07 Å². The molecule has 0 atom stereocenters. The zero-order chi connectivity index (χ0) is 23.5. The maximum atomic E-state index is 12.5. The quantitative estimate of drug-likeness (QED) is 0.296. The Bertz CT molecular complexity index is 1360. The molecule has 0 aliphatic carbocycles. The third kappa shape index (κ3) is 4.64. The number of carbonyl (C=O) groups excluding carboxylic acids is 1. The van der Waals surface area contributed by atoms with Crippen molar-refractivity contribution in [2.75, 3.05) is 5.32 Å². The van der Waals surface area contributed by atoms with E-state index in [1.165, 1.54) is 13.0 Å². The van der Waals surface area contributed by atoms with Crippen LogP contribution in [0.25, 0.3) is 10.8 Å². The average molecular weight is 447 g/mol. The van der Waals surface area contributed by atoms with Crippen molar-refractivity contribution < 1.29 is 23.8 Å². The number of ether oxygens (including phenoxy) is 1.